The number of hydrazine groups is 1. The molecule has 0 unspecified atom stereocenters. The number of nitrogens with one attached hydrogen (secondary N) is 1. The van der Waals surface area contributed by atoms with Crippen LogP contribution in [0.15, 0.2) is 0 Å². The van der Waals surface area contributed by atoms with Crippen molar-refractivity contribution in [3.8, 4) is 0 Å². The Morgan fingerprint density at radius 1 is 1.15 bits per heavy atom. The van der Waals surface area contributed by atoms with Crippen molar-refractivity contribution in [3.05, 3.63) is 0 Å². The summed E-state index contributed by atoms with van der Waals surface area (Å²) in [5.41, 5.74) is 5.10. The van der Waals surface area contributed by atoms with E-state index in [1.54, 1.807) is 7.05 Å². The molecule has 1 heterocycles. The van der Waals surface area contributed by atoms with Gasteiger partial charge in [-0.2, -0.15) is 0 Å². The van der Waals surface area contributed by atoms with Gasteiger partial charge in [-0.05, 0) is 40.5 Å². The van der Waals surface area contributed by atoms with E-state index in [0.29, 0.717) is 0 Å². The monoisotopic (exact) mass is 284 g/mol. The lowest BCUT2D eigenvalue weighted by molar-refractivity contribution is -0.151. The molecule has 0 saturated carbocycles. The Balaban J connectivity index is 2.77. The van der Waals surface area contributed by atoms with Crippen LogP contribution in [0.4, 0.5) is 0 Å². The number of hydrogen-bond donors (Lipinski definition) is 2. The van der Waals surface area contributed by atoms with Crippen LogP contribution in [0.25, 0.3) is 0 Å². The zero-order chi connectivity index (χ0) is 15.7. The van der Waals surface area contributed by atoms with E-state index in [9.17, 15) is 9.59 Å². The number of piperidine rings is 1. The molecule has 6 heteroatoms. The van der Waals surface area contributed by atoms with Crippen LogP contribution in [0, 0.1) is 0 Å². The fourth-order valence-electron chi connectivity index (χ4n) is 3.22. The molecule has 1 aliphatic rings. The molecule has 0 aromatic heterocycles. The first-order valence-corrected chi connectivity index (χ1v) is 7.00. The molecule has 20 heavy (non-hydrogen) atoms. The number of amides is 2. The average Bonchev–Trinajstić information content (AvgIpc) is 2.21. The van der Waals surface area contributed by atoms with Crippen molar-refractivity contribution in [1.29, 1.82) is 0 Å². The lowest BCUT2D eigenvalue weighted by atomic mass is 9.79. The Hall–Kier alpha value is -1.14. The fourth-order valence-corrected chi connectivity index (χ4v) is 3.22. The van der Waals surface area contributed by atoms with Crippen molar-refractivity contribution in [1.82, 2.24) is 15.3 Å². The lowest BCUT2D eigenvalue weighted by Gasteiger charge is -2.50. The zero-order valence-electron chi connectivity index (χ0n) is 13.5. The minimum absolute atomic E-state index is 0.00819. The summed E-state index contributed by atoms with van der Waals surface area (Å²) >= 11 is 0. The molecule has 0 atom stereocenters. The smallest absolute Gasteiger partial charge is 0.246 e. The number of primary amides is 1. The first kappa shape index (κ1) is 16.9. The first-order valence-electron chi connectivity index (χ1n) is 7.00. The minimum Gasteiger partial charge on any atom is -0.369 e. The molecule has 2 amide bonds. The SMILES string of the molecule is CN(C(=O)CC(N)=O)N(C)C1CC(C)(C)NC(C)(C)C1. The quantitative estimate of drug-likeness (QED) is 0.581. The van der Waals surface area contributed by atoms with E-state index in [0.717, 1.165) is 12.8 Å². The van der Waals surface area contributed by atoms with Gasteiger partial charge in [0.1, 0.15) is 6.42 Å². The first-order chi connectivity index (χ1) is 8.93. The van der Waals surface area contributed by atoms with Crippen molar-refractivity contribution >= 4 is 11.8 Å². The van der Waals surface area contributed by atoms with E-state index in [1.165, 1.54) is 5.01 Å². The van der Waals surface area contributed by atoms with Crippen molar-refractivity contribution in [2.75, 3.05) is 14.1 Å². The van der Waals surface area contributed by atoms with E-state index in [4.69, 9.17) is 5.73 Å². The van der Waals surface area contributed by atoms with Gasteiger partial charge in [-0.15, -0.1) is 0 Å². The molecule has 0 spiro atoms. The van der Waals surface area contributed by atoms with E-state index in [1.807, 2.05) is 12.1 Å². The topological polar surface area (TPSA) is 78.7 Å². The third kappa shape index (κ3) is 4.45. The maximum Gasteiger partial charge on any atom is 0.246 e. The van der Waals surface area contributed by atoms with Gasteiger partial charge >= 0.3 is 0 Å². The molecule has 1 aliphatic heterocycles. The Bertz CT molecular complexity index is 377. The van der Waals surface area contributed by atoms with Crippen LogP contribution in [0.3, 0.4) is 0 Å². The molecule has 1 saturated heterocycles. The van der Waals surface area contributed by atoms with Crippen molar-refractivity contribution in [3.63, 3.8) is 0 Å². The van der Waals surface area contributed by atoms with E-state index >= 15 is 0 Å². The summed E-state index contributed by atoms with van der Waals surface area (Å²) in [6.07, 6.45) is 1.61. The highest BCUT2D eigenvalue weighted by atomic mass is 16.2. The molecular formula is C14H28N4O2. The van der Waals surface area contributed by atoms with Gasteiger partial charge in [0.05, 0.1) is 0 Å². The fraction of sp³-hybridized carbons (Fsp3) is 0.857. The molecule has 0 radical (unpaired) electrons. The van der Waals surface area contributed by atoms with Gasteiger partial charge in [-0.1, -0.05) is 0 Å². The number of carbonyl (C=O) groups is 2. The summed E-state index contributed by atoms with van der Waals surface area (Å²) in [6.45, 7) is 8.67. The molecule has 6 nitrogen and oxygen atoms in total. The predicted octanol–water partition coefficient (Wildman–Crippen LogP) is 0.476. The maximum atomic E-state index is 11.9. The second-order valence-corrected chi connectivity index (χ2v) is 7.09. The highest BCUT2D eigenvalue weighted by Gasteiger charge is 2.40. The number of rotatable bonds is 4. The van der Waals surface area contributed by atoms with Gasteiger partial charge < -0.3 is 11.1 Å². The van der Waals surface area contributed by atoms with Crippen molar-refractivity contribution < 1.29 is 9.59 Å². The highest BCUT2D eigenvalue weighted by molar-refractivity contribution is 5.95. The van der Waals surface area contributed by atoms with E-state index in [2.05, 4.69) is 33.0 Å². The number of nitrogens with two attached hydrogens (primary N) is 1. The van der Waals surface area contributed by atoms with Crippen molar-refractivity contribution in [2.24, 2.45) is 5.73 Å². The van der Waals surface area contributed by atoms with Crippen molar-refractivity contribution in [2.45, 2.75) is 64.1 Å². The van der Waals surface area contributed by atoms with Gasteiger partial charge in [0.15, 0.2) is 0 Å². The summed E-state index contributed by atoms with van der Waals surface area (Å²) in [6, 6.07) is 0.239. The Morgan fingerprint density at radius 3 is 2.00 bits per heavy atom. The van der Waals surface area contributed by atoms with E-state index < -0.39 is 5.91 Å². The maximum absolute atomic E-state index is 11.9. The van der Waals surface area contributed by atoms with Gasteiger partial charge in [0.2, 0.25) is 11.8 Å². The number of hydrogen-bond acceptors (Lipinski definition) is 4. The summed E-state index contributed by atoms with van der Waals surface area (Å²) in [5, 5.41) is 7.05. The third-order valence-electron chi connectivity index (χ3n) is 3.86. The van der Waals surface area contributed by atoms with Gasteiger partial charge in [-0.25, -0.2) is 5.01 Å². The summed E-state index contributed by atoms with van der Waals surface area (Å²) in [4.78, 5) is 22.8. The van der Waals surface area contributed by atoms with Crippen LogP contribution < -0.4 is 11.1 Å². The average molecular weight is 284 g/mol. The lowest BCUT2D eigenvalue weighted by Crippen LogP contribution is -2.63. The molecule has 1 rings (SSSR count). The van der Waals surface area contributed by atoms with Gasteiger partial charge in [-0.3, -0.25) is 14.6 Å². The third-order valence-corrected chi connectivity index (χ3v) is 3.86. The molecule has 3 N–H and O–H groups in total. The molecule has 0 aliphatic carbocycles. The van der Waals surface area contributed by atoms with Crippen LogP contribution in [-0.4, -0.2) is 53.0 Å². The molecule has 0 aromatic rings. The Labute approximate surface area is 121 Å². The van der Waals surface area contributed by atoms with Gasteiger partial charge in [0.25, 0.3) is 0 Å². The van der Waals surface area contributed by atoms with Crippen LogP contribution in [0.2, 0.25) is 0 Å². The normalized spacial score (nSPS) is 21.8. The molecular weight excluding hydrogens is 256 g/mol. The summed E-state index contributed by atoms with van der Waals surface area (Å²) in [7, 11) is 3.58. The molecule has 0 bridgehead atoms. The summed E-state index contributed by atoms with van der Waals surface area (Å²) < 4.78 is 0. The van der Waals surface area contributed by atoms with Gasteiger partial charge in [0, 0.05) is 31.2 Å². The van der Waals surface area contributed by atoms with Crippen LogP contribution in [0.5, 0.6) is 0 Å². The Morgan fingerprint density at radius 2 is 1.60 bits per heavy atom. The standard InChI is InChI=1S/C14H28N4O2/c1-13(2)8-10(9-14(3,4)16-13)17(5)18(6)12(20)7-11(15)19/h10,16H,7-9H2,1-6H3,(H2,15,19). The predicted molar refractivity (Wildman–Crippen MR) is 78.7 cm³/mol. The molecule has 1 fully saturated rings. The van der Waals surface area contributed by atoms with Crippen LogP contribution in [0.1, 0.15) is 47.0 Å². The van der Waals surface area contributed by atoms with Crippen LogP contribution >= 0.6 is 0 Å². The molecule has 0 aromatic carbocycles. The largest absolute Gasteiger partial charge is 0.369 e. The second-order valence-electron chi connectivity index (χ2n) is 7.09. The second kappa shape index (κ2) is 5.69. The highest BCUT2D eigenvalue weighted by Crippen LogP contribution is 2.31. The number of nitrogens with zero attached hydrogens (tertiary/aromatic N) is 2. The van der Waals surface area contributed by atoms with Crippen LogP contribution in [-0.2, 0) is 9.59 Å². The summed E-state index contributed by atoms with van der Waals surface area (Å²) in [5.74, 6) is -0.865. The number of carbonyl (C=O) groups excluding carboxylic acids is 2. The van der Waals surface area contributed by atoms with E-state index in [-0.39, 0.29) is 29.4 Å². The Kier molecular flexibility index (Phi) is 4.82. The minimum atomic E-state index is -0.596. The zero-order valence-corrected chi connectivity index (χ0v) is 13.5. The molecule has 116 valence electrons.